The molecular weight excluding hydrogens is 482 g/mol. The Morgan fingerprint density at radius 3 is 2.25 bits per heavy atom. The smallest absolute Gasteiger partial charge is 0.254 e. The zero-order chi connectivity index (χ0) is 25.4. The first-order chi connectivity index (χ1) is 17.3. The highest BCUT2D eigenvalue weighted by atomic mass is 35.5. The van der Waals surface area contributed by atoms with Crippen LogP contribution in [0.4, 0.5) is 14.5 Å². The van der Waals surface area contributed by atoms with Gasteiger partial charge in [-0.25, -0.2) is 8.78 Å². The van der Waals surface area contributed by atoms with Crippen molar-refractivity contribution in [2.75, 3.05) is 5.32 Å². The molecule has 4 nitrogen and oxygen atoms in total. The highest BCUT2D eigenvalue weighted by Crippen LogP contribution is 2.45. The largest absolute Gasteiger partial charge is 0.362 e. The van der Waals surface area contributed by atoms with E-state index in [2.05, 4.69) is 10.6 Å². The van der Waals surface area contributed by atoms with Gasteiger partial charge in [-0.05, 0) is 54.7 Å². The molecule has 0 bridgehead atoms. The van der Waals surface area contributed by atoms with Crippen LogP contribution in [0.2, 0.25) is 5.02 Å². The zero-order valence-electron chi connectivity index (χ0n) is 19.4. The molecule has 0 saturated carbocycles. The molecule has 182 valence electrons. The number of rotatable bonds is 4. The lowest BCUT2D eigenvalue weighted by molar-refractivity contribution is -0.116. The topological polar surface area (TPSA) is 58.2 Å². The van der Waals surface area contributed by atoms with Gasteiger partial charge in [0.1, 0.15) is 17.3 Å². The number of para-hydroxylation sites is 1. The highest BCUT2D eigenvalue weighted by molar-refractivity contribution is 6.30. The van der Waals surface area contributed by atoms with Gasteiger partial charge < -0.3 is 10.6 Å². The van der Waals surface area contributed by atoms with Crippen LogP contribution in [0, 0.1) is 11.6 Å². The van der Waals surface area contributed by atoms with Crippen LogP contribution in [-0.4, -0.2) is 11.7 Å². The summed E-state index contributed by atoms with van der Waals surface area (Å²) >= 11 is 6.11. The first kappa shape index (κ1) is 23.9. The summed E-state index contributed by atoms with van der Waals surface area (Å²) in [7, 11) is 0. The molecular formula is C29H23ClF2N2O2. The van der Waals surface area contributed by atoms with E-state index in [1.807, 2.05) is 30.3 Å². The van der Waals surface area contributed by atoms with Gasteiger partial charge in [0.2, 0.25) is 0 Å². The second-order valence-corrected chi connectivity index (χ2v) is 9.47. The first-order valence-corrected chi connectivity index (χ1v) is 12.0. The van der Waals surface area contributed by atoms with Crippen LogP contribution in [0.25, 0.3) is 0 Å². The van der Waals surface area contributed by atoms with Crippen LogP contribution in [0.1, 0.15) is 42.7 Å². The van der Waals surface area contributed by atoms with Gasteiger partial charge >= 0.3 is 0 Å². The summed E-state index contributed by atoms with van der Waals surface area (Å²) in [6.07, 6.45) is 0.897. The van der Waals surface area contributed by atoms with E-state index < -0.39 is 29.1 Å². The van der Waals surface area contributed by atoms with Crippen molar-refractivity contribution in [2.24, 2.45) is 0 Å². The molecule has 0 fully saturated rings. The predicted octanol–water partition coefficient (Wildman–Crippen LogP) is 6.62. The Balaban J connectivity index is 1.58. The number of nitrogens with one attached hydrogen (secondary N) is 2. The second-order valence-electron chi connectivity index (χ2n) is 9.03. The third-order valence-corrected chi connectivity index (χ3v) is 7.00. The van der Waals surface area contributed by atoms with Gasteiger partial charge in [-0.1, -0.05) is 60.1 Å². The minimum atomic E-state index is -0.882. The van der Waals surface area contributed by atoms with Crippen molar-refractivity contribution < 1.29 is 18.4 Å². The van der Waals surface area contributed by atoms with Crippen LogP contribution >= 0.6 is 11.6 Å². The van der Waals surface area contributed by atoms with Crippen LogP contribution in [0.5, 0.6) is 0 Å². The third-order valence-electron chi connectivity index (χ3n) is 6.75. The van der Waals surface area contributed by atoms with Gasteiger partial charge in [0.25, 0.3) is 5.91 Å². The van der Waals surface area contributed by atoms with E-state index in [1.165, 1.54) is 6.07 Å². The number of anilines is 1. The fraction of sp³-hybridized carbons (Fsp3) is 0.172. The number of halogens is 3. The minimum absolute atomic E-state index is 0.00602. The number of amides is 1. The SMILES string of the molecule is CC1=C(C(=O)Nc2c(F)cccc2F)[C@@H](c2ccc(Cl)cc2)C2=C(C[C@@H](c3ccccc3)CC2=O)N1. The molecule has 1 aliphatic carbocycles. The Bertz CT molecular complexity index is 1390. The van der Waals surface area contributed by atoms with Gasteiger partial charge in [-0.15, -0.1) is 0 Å². The van der Waals surface area contributed by atoms with E-state index in [1.54, 1.807) is 31.2 Å². The maximum atomic E-state index is 14.3. The summed E-state index contributed by atoms with van der Waals surface area (Å²) in [5.41, 5.74) is 3.23. The summed E-state index contributed by atoms with van der Waals surface area (Å²) in [5, 5.41) is 6.17. The standard InChI is InChI=1S/C29H23ClF2N2O2/c1-16-25(29(36)34-28-21(31)8-5-9-22(28)32)26(18-10-12-20(30)13-11-18)27-23(33-16)14-19(15-24(27)35)17-6-3-2-4-7-17/h2-13,19,26,33H,14-15H2,1H3,(H,34,36)/t19-,26-/m1/s1. The molecule has 36 heavy (non-hydrogen) atoms. The monoisotopic (exact) mass is 504 g/mol. The lowest BCUT2D eigenvalue weighted by Gasteiger charge is -2.37. The van der Waals surface area contributed by atoms with Gasteiger partial charge in [0, 0.05) is 39.9 Å². The Kier molecular flexibility index (Phi) is 6.46. The highest BCUT2D eigenvalue weighted by Gasteiger charge is 2.41. The molecule has 2 aliphatic rings. The number of allylic oxidation sites excluding steroid dienone is 3. The third kappa shape index (κ3) is 4.44. The van der Waals surface area contributed by atoms with Crippen LogP contribution in [0.15, 0.2) is 95.3 Å². The number of carbonyl (C=O) groups excluding carboxylic acids is 2. The molecule has 7 heteroatoms. The van der Waals surface area contributed by atoms with Crippen molar-refractivity contribution >= 4 is 29.0 Å². The number of carbonyl (C=O) groups is 2. The van der Waals surface area contributed by atoms with Gasteiger partial charge in [-0.3, -0.25) is 9.59 Å². The molecule has 0 aromatic heterocycles. The van der Waals surface area contributed by atoms with Gasteiger partial charge in [0.15, 0.2) is 5.78 Å². The van der Waals surface area contributed by atoms with Crippen LogP contribution in [-0.2, 0) is 9.59 Å². The predicted molar refractivity (Wildman–Crippen MR) is 135 cm³/mol. The molecule has 1 amide bonds. The average Bonchev–Trinajstić information content (AvgIpc) is 2.86. The van der Waals surface area contributed by atoms with E-state index >= 15 is 0 Å². The number of dihydropyridines is 1. The second kappa shape index (κ2) is 9.70. The van der Waals surface area contributed by atoms with Crippen molar-refractivity contribution in [1.82, 2.24) is 5.32 Å². The quantitative estimate of drug-likeness (QED) is 0.420. The van der Waals surface area contributed by atoms with E-state index in [9.17, 15) is 18.4 Å². The van der Waals surface area contributed by atoms with Crippen molar-refractivity contribution in [1.29, 1.82) is 0 Å². The van der Waals surface area contributed by atoms with E-state index in [0.717, 1.165) is 23.4 Å². The first-order valence-electron chi connectivity index (χ1n) is 11.6. The number of hydrogen-bond donors (Lipinski definition) is 2. The maximum absolute atomic E-state index is 14.3. The molecule has 0 unspecified atom stereocenters. The number of hydrogen-bond acceptors (Lipinski definition) is 3. The van der Waals surface area contributed by atoms with Crippen LogP contribution < -0.4 is 10.6 Å². The normalized spacial score (nSPS) is 19.6. The van der Waals surface area contributed by atoms with Crippen molar-refractivity contribution in [3.63, 3.8) is 0 Å². The molecule has 2 N–H and O–H groups in total. The van der Waals surface area contributed by atoms with Crippen molar-refractivity contribution in [3.05, 3.63) is 123 Å². The summed E-state index contributed by atoms with van der Waals surface area (Å²) in [6, 6.07) is 20.1. The maximum Gasteiger partial charge on any atom is 0.254 e. The van der Waals surface area contributed by atoms with Gasteiger partial charge in [0.05, 0.1) is 0 Å². The summed E-state index contributed by atoms with van der Waals surface area (Å²) < 4.78 is 28.6. The lowest BCUT2D eigenvalue weighted by atomic mass is 9.71. The zero-order valence-corrected chi connectivity index (χ0v) is 20.2. The molecule has 3 aromatic rings. The molecule has 2 atom stereocenters. The molecule has 1 aliphatic heterocycles. The fourth-order valence-corrected chi connectivity index (χ4v) is 5.21. The lowest BCUT2D eigenvalue weighted by Crippen LogP contribution is -2.37. The minimum Gasteiger partial charge on any atom is -0.362 e. The summed E-state index contributed by atoms with van der Waals surface area (Å²) in [6.45, 7) is 1.73. The molecule has 3 aromatic carbocycles. The Labute approximate surface area is 212 Å². The molecule has 0 saturated heterocycles. The Hall–Kier alpha value is -3.77. The number of Topliss-reactive ketones (excluding diaryl/α,β-unsaturated/α-hetero) is 1. The summed E-state index contributed by atoms with van der Waals surface area (Å²) in [5.74, 6) is -3.23. The van der Waals surface area contributed by atoms with Crippen LogP contribution in [0.3, 0.4) is 0 Å². The Morgan fingerprint density at radius 1 is 0.917 bits per heavy atom. The Morgan fingerprint density at radius 2 is 1.58 bits per heavy atom. The van der Waals surface area contributed by atoms with Crippen molar-refractivity contribution in [3.8, 4) is 0 Å². The van der Waals surface area contributed by atoms with E-state index in [0.29, 0.717) is 34.7 Å². The van der Waals surface area contributed by atoms with Crippen molar-refractivity contribution in [2.45, 2.75) is 31.6 Å². The number of benzene rings is 3. The molecule has 0 spiro atoms. The number of ketones is 1. The molecule has 5 rings (SSSR count). The van der Waals surface area contributed by atoms with E-state index in [-0.39, 0.29) is 17.3 Å². The average molecular weight is 505 g/mol. The molecule has 1 heterocycles. The molecule has 0 radical (unpaired) electrons. The summed E-state index contributed by atoms with van der Waals surface area (Å²) in [4.78, 5) is 27.1. The van der Waals surface area contributed by atoms with E-state index in [4.69, 9.17) is 11.6 Å². The fourth-order valence-electron chi connectivity index (χ4n) is 5.09. The van der Waals surface area contributed by atoms with Gasteiger partial charge in [-0.2, -0.15) is 0 Å².